The first kappa shape index (κ1) is 22.6. The number of aryl methyl sites for hydroxylation is 1. The van der Waals surface area contributed by atoms with Crippen molar-refractivity contribution in [3.63, 3.8) is 0 Å². The molecule has 2 nitrogen and oxygen atoms in total. The minimum absolute atomic E-state index is 0.316. The van der Waals surface area contributed by atoms with Crippen molar-refractivity contribution in [2.75, 3.05) is 13.1 Å². The molecule has 0 unspecified atom stereocenters. The van der Waals surface area contributed by atoms with Crippen LogP contribution in [0.3, 0.4) is 0 Å². The van der Waals surface area contributed by atoms with Crippen LogP contribution in [0.2, 0.25) is 0 Å². The summed E-state index contributed by atoms with van der Waals surface area (Å²) in [5.41, 5.74) is 8.23. The molecule has 0 fully saturated rings. The van der Waals surface area contributed by atoms with E-state index in [2.05, 4.69) is 80.7 Å². The Balaban J connectivity index is 1.64. The summed E-state index contributed by atoms with van der Waals surface area (Å²) in [7, 11) is 0. The molecule has 168 valence electrons. The highest BCUT2D eigenvalue weighted by molar-refractivity contribution is 5.48. The van der Waals surface area contributed by atoms with Gasteiger partial charge >= 0.3 is 0 Å². The number of benzene rings is 3. The van der Waals surface area contributed by atoms with Gasteiger partial charge in [0.15, 0.2) is 0 Å². The molecule has 0 radical (unpaired) electrons. The van der Waals surface area contributed by atoms with E-state index >= 15 is 0 Å². The summed E-state index contributed by atoms with van der Waals surface area (Å²) in [6, 6.07) is 24.5. The van der Waals surface area contributed by atoms with Gasteiger partial charge in [-0.2, -0.15) is 0 Å². The van der Waals surface area contributed by atoms with Gasteiger partial charge in [-0.1, -0.05) is 75.4 Å². The van der Waals surface area contributed by atoms with Crippen LogP contribution in [-0.2, 0) is 12.8 Å². The first-order chi connectivity index (χ1) is 15.6. The standard InChI is InChI=1S/C30H37NO/c1-4-18-31-19-17-22-5-7-25(8-6-22)30-28(24-11-9-23(10-12-24)21(2)3)15-13-26-20-27(32)14-16-29(26)30/h5-12,14,16,20-21,28,30-32H,4,13,15,17-19H2,1-3H3/t28-,30+/m1/s1. The Labute approximate surface area is 193 Å². The average Bonchev–Trinajstić information content (AvgIpc) is 2.81. The lowest BCUT2D eigenvalue weighted by Gasteiger charge is -2.35. The van der Waals surface area contributed by atoms with Crippen molar-refractivity contribution in [1.29, 1.82) is 0 Å². The highest BCUT2D eigenvalue weighted by Gasteiger charge is 2.32. The van der Waals surface area contributed by atoms with E-state index in [4.69, 9.17) is 0 Å². The van der Waals surface area contributed by atoms with E-state index in [0.29, 0.717) is 23.5 Å². The minimum atomic E-state index is 0.316. The fourth-order valence-corrected chi connectivity index (χ4v) is 5.13. The highest BCUT2D eigenvalue weighted by Crippen LogP contribution is 2.47. The molecule has 3 aromatic rings. The third kappa shape index (κ3) is 5.07. The van der Waals surface area contributed by atoms with E-state index in [9.17, 15) is 5.11 Å². The van der Waals surface area contributed by atoms with Gasteiger partial charge < -0.3 is 10.4 Å². The zero-order chi connectivity index (χ0) is 22.5. The van der Waals surface area contributed by atoms with Gasteiger partial charge in [-0.25, -0.2) is 0 Å². The number of phenolic OH excluding ortho intramolecular Hbond substituents is 1. The van der Waals surface area contributed by atoms with Gasteiger partial charge in [-0.15, -0.1) is 0 Å². The van der Waals surface area contributed by atoms with Gasteiger partial charge in [0.1, 0.15) is 5.75 Å². The first-order valence-electron chi connectivity index (χ1n) is 12.3. The molecule has 2 atom stereocenters. The van der Waals surface area contributed by atoms with Gasteiger partial charge in [0, 0.05) is 5.92 Å². The van der Waals surface area contributed by atoms with Crippen LogP contribution in [0.5, 0.6) is 5.75 Å². The summed E-state index contributed by atoms with van der Waals surface area (Å²) in [5, 5.41) is 13.6. The van der Waals surface area contributed by atoms with Crippen molar-refractivity contribution in [2.45, 2.75) is 64.2 Å². The predicted octanol–water partition coefficient (Wildman–Crippen LogP) is 6.92. The first-order valence-corrected chi connectivity index (χ1v) is 12.3. The Morgan fingerprint density at radius 2 is 1.62 bits per heavy atom. The number of rotatable bonds is 8. The molecule has 1 aliphatic rings. The quantitative estimate of drug-likeness (QED) is 0.382. The maximum absolute atomic E-state index is 10.1. The van der Waals surface area contributed by atoms with Crippen LogP contribution >= 0.6 is 0 Å². The van der Waals surface area contributed by atoms with Gasteiger partial charge in [0.25, 0.3) is 0 Å². The summed E-state index contributed by atoms with van der Waals surface area (Å²) in [6.45, 7) is 8.82. The number of hydrogen-bond donors (Lipinski definition) is 2. The summed E-state index contributed by atoms with van der Waals surface area (Å²) >= 11 is 0. The fourth-order valence-electron chi connectivity index (χ4n) is 5.13. The van der Waals surface area contributed by atoms with Gasteiger partial charge in [-0.05, 0) is 96.1 Å². The molecule has 32 heavy (non-hydrogen) atoms. The molecule has 2 N–H and O–H groups in total. The average molecular weight is 428 g/mol. The number of hydrogen-bond acceptors (Lipinski definition) is 2. The van der Waals surface area contributed by atoms with Crippen molar-refractivity contribution in [2.24, 2.45) is 0 Å². The van der Waals surface area contributed by atoms with Crippen LogP contribution in [0, 0.1) is 0 Å². The van der Waals surface area contributed by atoms with E-state index in [0.717, 1.165) is 32.4 Å². The molecule has 0 heterocycles. The highest BCUT2D eigenvalue weighted by atomic mass is 16.3. The van der Waals surface area contributed by atoms with Crippen LogP contribution in [0.1, 0.15) is 84.7 Å². The van der Waals surface area contributed by atoms with Crippen molar-refractivity contribution < 1.29 is 5.11 Å². The number of fused-ring (bicyclic) bond motifs is 1. The maximum Gasteiger partial charge on any atom is 0.115 e. The Morgan fingerprint density at radius 3 is 2.31 bits per heavy atom. The molecular weight excluding hydrogens is 390 g/mol. The molecule has 0 saturated carbocycles. The molecular formula is C30H37NO. The monoisotopic (exact) mass is 427 g/mol. The van der Waals surface area contributed by atoms with E-state index in [-0.39, 0.29) is 0 Å². The molecule has 0 bridgehead atoms. The van der Waals surface area contributed by atoms with Crippen molar-refractivity contribution in [1.82, 2.24) is 5.32 Å². The maximum atomic E-state index is 10.1. The third-order valence-electron chi connectivity index (χ3n) is 6.98. The fraction of sp³-hybridized carbons (Fsp3) is 0.400. The van der Waals surface area contributed by atoms with Crippen LogP contribution < -0.4 is 5.32 Å². The smallest absolute Gasteiger partial charge is 0.115 e. The molecule has 0 aromatic heterocycles. The Bertz CT molecular complexity index is 1000. The molecule has 0 aliphatic heterocycles. The van der Waals surface area contributed by atoms with Crippen molar-refractivity contribution >= 4 is 0 Å². The van der Waals surface area contributed by atoms with Gasteiger partial charge in [-0.3, -0.25) is 0 Å². The topological polar surface area (TPSA) is 32.3 Å². The van der Waals surface area contributed by atoms with E-state index in [1.165, 1.54) is 39.8 Å². The molecule has 1 aliphatic carbocycles. The molecule has 0 amide bonds. The molecule has 3 aromatic carbocycles. The van der Waals surface area contributed by atoms with Crippen LogP contribution in [0.25, 0.3) is 0 Å². The molecule has 0 spiro atoms. The second-order valence-electron chi connectivity index (χ2n) is 9.57. The zero-order valence-electron chi connectivity index (χ0n) is 19.8. The lowest BCUT2D eigenvalue weighted by Crippen LogP contribution is -2.21. The van der Waals surface area contributed by atoms with E-state index in [1.54, 1.807) is 0 Å². The Morgan fingerprint density at radius 1 is 0.906 bits per heavy atom. The second kappa shape index (κ2) is 10.4. The molecule has 0 saturated heterocycles. The number of phenols is 1. The van der Waals surface area contributed by atoms with E-state index in [1.807, 2.05) is 12.1 Å². The number of aromatic hydroxyl groups is 1. The number of nitrogens with one attached hydrogen (secondary N) is 1. The minimum Gasteiger partial charge on any atom is -0.508 e. The summed E-state index contributed by atoms with van der Waals surface area (Å²) in [4.78, 5) is 0. The summed E-state index contributed by atoms with van der Waals surface area (Å²) in [6.07, 6.45) is 4.35. The lowest BCUT2D eigenvalue weighted by atomic mass is 9.69. The largest absolute Gasteiger partial charge is 0.508 e. The van der Waals surface area contributed by atoms with Crippen molar-refractivity contribution in [3.8, 4) is 5.75 Å². The second-order valence-corrected chi connectivity index (χ2v) is 9.57. The SMILES string of the molecule is CCCNCCc1ccc([C@@H]2c3ccc(O)cc3CC[C@@H]2c2ccc(C(C)C)cc2)cc1. The molecule has 4 rings (SSSR count). The normalized spacial score (nSPS) is 18.0. The third-order valence-corrected chi connectivity index (χ3v) is 6.98. The summed E-state index contributed by atoms with van der Waals surface area (Å²) < 4.78 is 0. The summed E-state index contributed by atoms with van der Waals surface area (Å²) in [5.74, 6) is 1.69. The molecule has 2 heteroatoms. The van der Waals surface area contributed by atoms with Crippen LogP contribution in [-0.4, -0.2) is 18.2 Å². The lowest BCUT2D eigenvalue weighted by molar-refractivity contribution is 0.469. The van der Waals surface area contributed by atoms with Crippen LogP contribution in [0.15, 0.2) is 66.7 Å². The zero-order valence-corrected chi connectivity index (χ0v) is 19.8. The van der Waals surface area contributed by atoms with Crippen LogP contribution in [0.4, 0.5) is 0 Å². The Hall–Kier alpha value is -2.58. The van der Waals surface area contributed by atoms with Crippen molar-refractivity contribution in [3.05, 3.63) is 100 Å². The van der Waals surface area contributed by atoms with Gasteiger partial charge in [0.2, 0.25) is 0 Å². The van der Waals surface area contributed by atoms with E-state index < -0.39 is 0 Å². The van der Waals surface area contributed by atoms with Gasteiger partial charge in [0.05, 0.1) is 0 Å². The predicted molar refractivity (Wildman–Crippen MR) is 135 cm³/mol. The Kier molecular flexibility index (Phi) is 7.32.